The summed E-state index contributed by atoms with van der Waals surface area (Å²) in [7, 11) is 1.57. The zero-order valence-corrected chi connectivity index (χ0v) is 18.8. The number of amides is 2. The second-order valence-corrected chi connectivity index (χ2v) is 8.88. The van der Waals surface area contributed by atoms with E-state index in [2.05, 4.69) is 26.1 Å². The van der Waals surface area contributed by atoms with Crippen LogP contribution in [-0.4, -0.2) is 43.0 Å². The Hall–Kier alpha value is -3.02. The molecule has 0 atom stereocenters. The highest BCUT2D eigenvalue weighted by Gasteiger charge is 2.32. The molecular weight excluding hydrogens is 392 g/mol. The molecule has 0 radical (unpaired) electrons. The molecule has 0 unspecified atom stereocenters. The standard InChI is InChI=1S/C25H32N2O4/c1-25(2,3)18-9-11-19(12-10-18)26-23(28)15-16-27(20-13-14-20)24(29)17-31-22-8-6-5-7-21(22)30-4/h5-12,20H,13-17H2,1-4H3,(H,26,28). The van der Waals surface area contributed by atoms with Crippen LogP contribution < -0.4 is 14.8 Å². The lowest BCUT2D eigenvalue weighted by Gasteiger charge is -2.22. The van der Waals surface area contributed by atoms with Gasteiger partial charge in [0.1, 0.15) is 0 Å². The average molecular weight is 425 g/mol. The fourth-order valence-corrected chi connectivity index (χ4v) is 3.36. The molecule has 0 aliphatic heterocycles. The van der Waals surface area contributed by atoms with E-state index in [0.29, 0.717) is 18.0 Å². The highest BCUT2D eigenvalue weighted by Crippen LogP contribution is 2.29. The van der Waals surface area contributed by atoms with Crippen LogP contribution in [0.1, 0.15) is 45.6 Å². The Morgan fingerprint density at radius 1 is 1.03 bits per heavy atom. The second-order valence-electron chi connectivity index (χ2n) is 8.88. The highest BCUT2D eigenvalue weighted by atomic mass is 16.5. The van der Waals surface area contributed by atoms with Gasteiger partial charge in [-0.15, -0.1) is 0 Å². The summed E-state index contributed by atoms with van der Waals surface area (Å²) in [5.41, 5.74) is 2.05. The Kier molecular flexibility index (Phi) is 7.21. The number of carbonyl (C=O) groups excluding carboxylic acids is 2. The maximum absolute atomic E-state index is 12.7. The maximum atomic E-state index is 12.7. The lowest BCUT2D eigenvalue weighted by Crippen LogP contribution is -2.38. The van der Waals surface area contributed by atoms with Crippen LogP contribution in [0, 0.1) is 0 Å². The molecule has 0 spiro atoms. The van der Waals surface area contributed by atoms with Crippen molar-refractivity contribution in [2.24, 2.45) is 0 Å². The highest BCUT2D eigenvalue weighted by molar-refractivity contribution is 5.91. The van der Waals surface area contributed by atoms with E-state index in [1.54, 1.807) is 24.1 Å². The summed E-state index contributed by atoms with van der Waals surface area (Å²) in [6.07, 6.45) is 2.19. The van der Waals surface area contributed by atoms with Gasteiger partial charge in [0.2, 0.25) is 5.91 Å². The SMILES string of the molecule is COc1ccccc1OCC(=O)N(CCC(=O)Nc1ccc(C(C)(C)C)cc1)C1CC1. The quantitative estimate of drug-likeness (QED) is 0.648. The number of hydrogen-bond donors (Lipinski definition) is 1. The summed E-state index contributed by atoms with van der Waals surface area (Å²) in [6.45, 7) is 6.77. The van der Waals surface area contributed by atoms with Gasteiger partial charge in [-0.25, -0.2) is 0 Å². The number of methoxy groups -OCH3 is 1. The molecule has 6 nitrogen and oxygen atoms in total. The average Bonchev–Trinajstić information content (AvgIpc) is 3.57. The summed E-state index contributed by atoms with van der Waals surface area (Å²) in [5.74, 6) is 0.902. The van der Waals surface area contributed by atoms with Gasteiger partial charge in [0, 0.05) is 24.7 Å². The number of anilines is 1. The van der Waals surface area contributed by atoms with E-state index in [1.165, 1.54) is 5.56 Å². The molecule has 2 aromatic carbocycles. The lowest BCUT2D eigenvalue weighted by molar-refractivity contribution is -0.134. The molecule has 2 aromatic rings. The zero-order chi connectivity index (χ0) is 22.4. The van der Waals surface area contributed by atoms with Gasteiger partial charge in [-0.05, 0) is 48.1 Å². The summed E-state index contributed by atoms with van der Waals surface area (Å²) < 4.78 is 10.9. The van der Waals surface area contributed by atoms with Crippen LogP contribution in [-0.2, 0) is 15.0 Å². The molecule has 1 N–H and O–H groups in total. The predicted octanol–water partition coefficient (Wildman–Crippen LogP) is 4.39. The molecule has 0 bridgehead atoms. The van der Waals surface area contributed by atoms with Crippen LogP contribution in [0.15, 0.2) is 48.5 Å². The smallest absolute Gasteiger partial charge is 0.260 e. The Labute approximate surface area is 184 Å². The molecule has 0 heterocycles. The van der Waals surface area contributed by atoms with Crippen molar-refractivity contribution >= 4 is 17.5 Å². The molecule has 1 aliphatic rings. The second kappa shape index (κ2) is 9.86. The van der Waals surface area contributed by atoms with Gasteiger partial charge in [-0.2, -0.15) is 0 Å². The fourth-order valence-electron chi connectivity index (χ4n) is 3.36. The molecule has 31 heavy (non-hydrogen) atoms. The van der Waals surface area contributed by atoms with Gasteiger partial charge in [-0.1, -0.05) is 45.0 Å². The molecule has 2 amide bonds. The number of nitrogens with zero attached hydrogens (tertiary/aromatic N) is 1. The van der Waals surface area contributed by atoms with E-state index in [-0.39, 0.29) is 36.3 Å². The summed E-state index contributed by atoms with van der Waals surface area (Å²) in [4.78, 5) is 26.9. The number of hydrogen-bond acceptors (Lipinski definition) is 4. The molecule has 1 saturated carbocycles. The topological polar surface area (TPSA) is 67.9 Å². The van der Waals surface area contributed by atoms with Gasteiger partial charge in [0.05, 0.1) is 7.11 Å². The minimum atomic E-state index is -0.115. The first-order valence-corrected chi connectivity index (χ1v) is 10.7. The number of carbonyl (C=O) groups is 2. The van der Waals surface area contributed by atoms with E-state index in [1.807, 2.05) is 36.4 Å². The monoisotopic (exact) mass is 424 g/mol. The van der Waals surface area contributed by atoms with Crippen molar-refractivity contribution in [1.29, 1.82) is 0 Å². The Bertz CT molecular complexity index is 898. The maximum Gasteiger partial charge on any atom is 0.260 e. The van der Waals surface area contributed by atoms with E-state index in [4.69, 9.17) is 9.47 Å². The number of rotatable bonds is 9. The van der Waals surface area contributed by atoms with Gasteiger partial charge >= 0.3 is 0 Å². The van der Waals surface area contributed by atoms with Crippen molar-refractivity contribution in [3.63, 3.8) is 0 Å². The first kappa shape index (κ1) is 22.7. The number of ether oxygens (including phenoxy) is 2. The van der Waals surface area contributed by atoms with Gasteiger partial charge < -0.3 is 19.7 Å². The first-order chi connectivity index (χ1) is 14.8. The molecule has 1 fully saturated rings. The molecule has 0 saturated heterocycles. The van der Waals surface area contributed by atoms with Crippen LogP contribution in [0.3, 0.4) is 0 Å². The molecule has 0 aromatic heterocycles. The van der Waals surface area contributed by atoms with Crippen LogP contribution in [0.5, 0.6) is 11.5 Å². The number of para-hydroxylation sites is 2. The van der Waals surface area contributed by atoms with E-state index in [0.717, 1.165) is 18.5 Å². The van der Waals surface area contributed by atoms with Gasteiger partial charge in [0.15, 0.2) is 18.1 Å². The van der Waals surface area contributed by atoms with Crippen molar-refractivity contribution in [3.8, 4) is 11.5 Å². The minimum Gasteiger partial charge on any atom is -0.493 e. The Morgan fingerprint density at radius 2 is 1.68 bits per heavy atom. The Balaban J connectivity index is 1.51. The summed E-state index contributed by atoms with van der Waals surface area (Å²) in [6, 6.07) is 15.3. The Morgan fingerprint density at radius 3 is 2.26 bits per heavy atom. The van der Waals surface area contributed by atoms with Crippen LogP contribution in [0.4, 0.5) is 5.69 Å². The molecule has 6 heteroatoms. The van der Waals surface area contributed by atoms with Crippen molar-refractivity contribution in [1.82, 2.24) is 4.90 Å². The van der Waals surface area contributed by atoms with Crippen LogP contribution >= 0.6 is 0 Å². The van der Waals surface area contributed by atoms with Gasteiger partial charge in [0.25, 0.3) is 5.91 Å². The first-order valence-electron chi connectivity index (χ1n) is 10.7. The minimum absolute atomic E-state index is 0.0690. The van der Waals surface area contributed by atoms with Crippen molar-refractivity contribution < 1.29 is 19.1 Å². The van der Waals surface area contributed by atoms with Crippen molar-refractivity contribution in [2.45, 2.75) is 51.5 Å². The normalized spacial score (nSPS) is 13.4. The number of benzene rings is 2. The largest absolute Gasteiger partial charge is 0.493 e. The molecule has 3 rings (SSSR count). The summed E-state index contributed by atoms with van der Waals surface area (Å²) in [5, 5.41) is 2.92. The third-order valence-corrected chi connectivity index (χ3v) is 5.34. The zero-order valence-electron chi connectivity index (χ0n) is 18.8. The predicted molar refractivity (Wildman–Crippen MR) is 122 cm³/mol. The lowest BCUT2D eigenvalue weighted by atomic mass is 9.87. The molecule has 1 aliphatic carbocycles. The van der Waals surface area contributed by atoms with Crippen LogP contribution in [0.25, 0.3) is 0 Å². The van der Waals surface area contributed by atoms with Crippen LogP contribution in [0.2, 0.25) is 0 Å². The van der Waals surface area contributed by atoms with Crippen molar-refractivity contribution in [3.05, 3.63) is 54.1 Å². The van der Waals surface area contributed by atoms with Gasteiger partial charge in [-0.3, -0.25) is 9.59 Å². The van der Waals surface area contributed by atoms with E-state index >= 15 is 0 Å². The number of nitrogens with one attached hydrogen (secondary N) is 1. The van der Waals surface area contributed by atoms with Crippen molar-refractivity contribution in [2.75, 3.05) is 25.6 Å². The third kappa shape index (κ3) is 6.48. The van der Waals surface area contributed by atoms with E-state index < -0.39 is 0 Å². The summed E-state index contributed by atoms with van der Waals surface area (Å²) >= 11 is 0. The molecular formula is C25H32N2O4. The molecule has 166 valence electrons. The third-order valence-electron chi connectivity index (χ3n) is 5.34. The fraction of sp³-hybridized carbons (Fsp3) is 0.440. The van der Waals surface area contributed by atoms with E-state index in [9.17, 15) is 9.59 Å².